The number of fused-ring (bicyclic) bond motifs is 1. The Morgan fingerprint density at radius 1 is 0.650 bits per heavy atom. The van der Waals surface area contributed by atoms with E-state index in [9.17, 15) is 163 Å². The summed E-state index contributed by atoms with van der Waals surface area (Å²) < 4.78 is 23.3. The number of aromatic nitrogens is 4. The van der Waals surface area contributed by atoms with Crippen molar-refractivity contribution < 1.29 is 177 Å². The van der Waals surface area contributed by atoms with Crippen LogP contribution < -0.4 is 48.5 Å². The zero-order chi connectivity index (χ0) is 107. The molecule has 6 amide bonds. The van der Waals surface area contributed by atoms with Crippen LogP contribution in [0.15, 0.2) is 95.9 Å². The number of alkyl halides is 1. The number of aryl methyl sites for hydroxylation is 1. The number of benzene rings is 3. The van der Waals surface area contributed by atoms with Gasteiger partial charge in [-0.1, -0.05) is 103 Å². The van der Waals surface area contributed by atoms with Gasteiger partial charge in [-0.15, -0.1) is 11.6 Å². The van der Waals surface area contributed by atoms with E-state index in [-0.39, 0.29) is 72.4 Å². The number of Topliss-reactive ketones (excluding diaryl/α,β-unsaturated/α-hetero) is 3. The molecule has 0 saturated heterocycles. The summed E-state index contributed by atoms with van der Waals surface area (Å²) in [6.07, 6.45) is -35.1. The van der Waals surface area contributed by atoms with E-state index in [1.807, 2.05) is 16.0 Å². The van der Waals surface area contributed by atoms with E-state index < -0.39 is 315 Å². The number of aliphatic hydroxyl groups is 12. The normalized spacial score (nSPS) is 19.0. The Bertz CT molecular complexity index is 5350. The molecular formula is C90H118Cl2N12O37S2. The molecule has 53 heteroatoms. The highest BCUT2D eigenvalue weighted by atomic mass is 35.5. The zero-order valence-electron chi connectivity index (χ0n) is 77.9. The van der Waals surface area contributed by atoms with Crippen molar-refractivity contribution in [2.75, 3.05) is 55.5 Å². The van der Waals surface area contributed by atoms with Gasteiger partial charge in [0.2, 0.25) is 35.5 Å². The molecule has 6 rings (SSSR count). The van der Waals surface area contributed by atoms with Crippen LogP contribution in [0.2, 0.25) is 5.02 Å². The Balaban J connectivity index is 1.16. The molecule has 1 aliphatic heterocycles. The van der Waals surface area contributed by atoms with E-state index in [4.69, 9.17) is 47.9 Å². The van der Waals surface area contributed by atoms with Crippen molar-refractivity contribution >= 4 is 162 Å². The van der Waals surface area contributed by atoms with Gasteiger partial charge in [0, 0.05) is 78.8 Å². The summed E-state index contributed by atoms with van der Waals surface area (Å²) in [5.74, 6) is -32.0. The monoisotopic (exact) mass is 2090 g/mol. The Kier molecular flexibility index (Phi) is 48.1. The van der Waals surface area contributed by atoms with Gasteiger partial charge in [0.05, 0.1) is 110 Å². The maximum absolute atomic E-state index is 14.6. The number of carboxylic acids is 4. The second-order valence-electron chi connectivity index (χ2n) is 34.7. The lowest BCUT2D eigenvalue weighted by molar-refractivity contribution is -0.180. The number of hydrogen-bond donors (Lipinski definition) is 25. The molecular weight excluding hydrogens is 1980 g/mol. The number of H-pyrrole nitrogens is 1. The maximum Gasteiger partial charge on any atom is 0.508 e. The predicted molar refractivity (Wildman–Crippen MR) is 504 cm³/mol. The van der Waals surface area contributed by atoms with Crippen LogP contribution in [0.25, 0.3) is 11.2 Å². The number of halogens is 2. The van der Waals surface area contributed by atoms with Crippen molar-refractivity contribution in [3.63, 3.8) is 0 Å². The van der Waals surface area contributed by atoms with E-state index >= 15 is 0 Å². The molecule has 1 aliphatic rings. The molecule has 26 N–H and O–H groups in total. The minimum atomic E-state index is -2.88. The fourth-order valence-electron chi connectivity index (χ4n) is 14.2. The van der Waals surface area contributed by atoms with E-state index in [2.05, 4.69) is 41.2 Å². The molecule has 3 heterocycles. The minimum absolute atomic E-state index is 0.00214. The van der Waals surface area contributed by atoms with Crippen LogP contribution in [-0.2, 0) is 99.0 Å². The first-order valence-electron chi connectivity index (χ1n) is 44.5. The first kappa shape index (κ1) is 120. The quantitative estimate of drug-likeness (QED) is 0.00629. The van der Waals surface area contributed by atoms with Gasteiger partial charge in [0.1, 0.15) is 79.3 Å². The average molecular weight is 2100 g/mol. The number of ketones is 3. The van der Waals surface area contributed by atoms with E-state index in [0.717, 1.165) is 22.4 Å². The van der Waals surface area contributed by atoms with Crippen molar-refractivity contribution in [2.24, 2.45) is 35.0 Å². The maximum atomic E-state index is 14.6. The van der Waals surface area contributed by atoms with Gasteiger partial charge in [-0.3, -0.25) is 67.3 Å². The lowest BCUT2D eigenvalue weighted by Crippen LogP contribution is -2.55. The largest absolute Gasteiger partial charge is 0.508 e. The number of nitrogens with one attached hydrogen (secondary N) is 8. The topological polar surface area (TPSA) is 815 Å². The number of amides is 6. The number of cyclic esters (lactones) is 2. The van der Waals surface area contributed by atoms with Crippen molar-refractivity contribution in [1.29, 1.82) is 0 Å². The summed E-state index contributed by atoms with van der Waals surface area (Å²) >= 11 is 13.6. The number of carbonyl (C=O) groups is 16. The summed E-state index contributed by atoms with van der Waals surface area (Å²) in [5, 5.41) is 184. The van der Waals surface area contributed by atoms with Crippen molar-refractivity contribution in [2.45, 2.75) is 221 Å². The van der Waals surface area contributed by atoms with Gasteiger partial charge in [-0.2, -0.15) is 4.98 Å². The number of anilines is 2. The second-order valence-corrected chi connectivity index (χ2v) is 38.2. The summed E-state index contributed by atoms with van der Waals surface area (Å²) in [6.45, 7) is 4.73. The molecule has 0 aliphatic carbocycles. The number of nitrogens with two attached hydrogens (primary N) is 1. The molecule has 0 saturated carbocycles. The molecule has 143 heavy (non-hydrogen) atoms. The number of aromatic amines is 1. The molecule has 22 atom stereocenters. The van der Waals surface area contributed by atoms with E-state index in [1.165, 1.54) is 57.3 Å². The smallest absolute Gasteiger partial charge is 0.481 e. The third-order valence-electron chi connectivity index (χ3n) is 22.7. The van der Waals surface area contributed by atoms with Crippen LogP contribution in [0, 0.1) is 41.9 Å². The standard InChI is InChI=1S/C90H118Cl2N12O37S2/c1-40(2)25-64-86(135)139-63(13-10-14-65(114)98-56(27-43-16-15-41(3)52(91)26-43)82(129)96-39-90(5,6)87(136)140-64)42(4)76(68(92)44-11-8-7-9-12-44)141-89(137)138-23-24-142-143-38-57(85(133)134)102-81(128)51(72(121)75(124)62(113)37-107)30-59(110)55(32-67(117)118)101-80(127)50(71(120)74(123)61(112)36-106)29-58(109)54(31-66(115)116)100-79(126)49(70(119)73(122)60(111)35-105)28-48(108)21-22-53(84(131)132)99-78(125)45-17-19-46(20-18-45)94-33-47-34-95-77-69(97-47)83(130)104-88(93)103-77/h7-12,14-20,26,34,40,42,49-51,53-57,60-64,68,70-76,94,105-107,111-113,119-124H,13,21-25,27-33,35-39H2,1-6H3,(H,96,129)(H,98,114)(H,99,125)(H,100,126)(H,101,127)(H,102,128)(H,115,116)(H,117,118)(H,131,132)(H,133,134)(H3,93,95,103,104,130)/b14-10+/t42-,49-,50-,51-,53-,54-,55-,56+,57+,60+,61+,62+,63-,64-,68-,70+,71+,72+,73+,74+,75+,76+/m0/s1. The Labute approximate surface area is 833 Å². The molecule has 0 spiro atoms. The van der Waals surface area contributed by atoms with Crippen LogP contribution in [0.1, 0.15) is 131 Å². The summed E-state index contributed by atoms with van der Waals surface area (Å²) in [6, 6.07) is 8.21. The SMILES string of the molecule is Cc1ccc(C[C@H]2NC(=O)/C=C/C[C@@H]([C@H](C)[C@@H](OC(=O)OCCSSC[C@@H](NC(=O)[C@@H](CC(=O)[C@H](CC(=O)O)NC(=O)[C@@H](CC(=O)[C@H](CC(=O)O)NC(=O)[C@@H](CC(=O)CC[C@H](NC(=O)c3ccc(NCc4cnc5nc(N)[nH]c(=O)c5n4)cc3)C(=O)O)[C@@H](O)[C@H](O)[C@H](O)CO)[C@@H](O)[C@H](O)[C@H](O)CO)[C@@H](O)[C@H](O)[C@H](O)CO)C(=O)O)[C@@H](Cl)c3ccccc3)OC(=O)[C@H](CC(C)C)OC(=O)C(C)(C)CNC2=O)cc1Cl. The van der Waals surface area contributed by atoms with Gasteiger partial charge in [0.15, 0.2) is 28.8 Å². The van der Waals surface area contributed by atoms with Gasteiger partial charge in [-0.05, 0) is 92.6 Å². The van der Waals surface area contributed by atoms with Crippen molar-refractivity contribution in [3.8, 4) is 0 Å². The third-order valence-corrected chi connectivity index (χ3v) is 25.9. The molecule has 0 unspecified atom stereocenters. The third kappa shape index (κ3) is 37.3. The fraction of sp³-hybridized carbons (Fsp3) is 0.533. The van der Waals surface area contributed by atoms with Crippen LogP contribution in [-0.4, -0.2) is 344 Å². The van der Waals surface area contributed by atoms with Gasteiger partial charge in [0.25, 0.3) is 11.5 Å². The highest BCUT2D eigenvalue weighted by Gasteiger charge is 2.47. The fourth-order valence-corrected chi connectivity index (χ4v) is 16.8. The molecule has 49 nitrogen and oxygen atoms in total. The lowest BCUT2D eigenvalue weighted by atomic mass is 9.85. The number of carboxylic acid groups (broad SMARTS) is 4. The van der Waals surface area contributed by atoms with Crippen molar-refractivity contribution in [3.05, 3.63) is 134 Å². The predicted octanol–water partition coefficient (Wildman–Crippen LogP) is -2.51. The number of nitrogen functional groups attached to an aromatic ring is 1. The highest BCUT2D eigenvalue weighted by molar-refractivity contribution is 8.76. The molecule has 5 aromatic rings. The van der Waals surface area contributed by atoms with E-state index in [0.29, 0.717) is 32.6 Å². The summed E-state index contributed by atoms with van der Waals surface area (Å²) in [7, 11) is 1.49. The van der Waals surface area contributed by atoms with Crippen LogP contribution in [0.3, 0.4) is 0 Å². The first-order chi connectivity index (χ1) is 67.3. The second kappa shape index (κ2) is 57.4. The Morgan fingerprint density at radius 3 is 1.71 bits per heavy atom. The lowest BCUT2D eigenvalue weighted by Gasteiger charge is -2.34. The molecule has 2 aromatic heterocycles. The van der Waals surface area contributed by atoms with Gasteiger partial charge in [-0.25, -0.2) is 29.1 Å². The molecule has 3 aromatic carbocycles. The number of aliphatic hydroxyl groups excluding tert-OH is 12. The zero-order valence-corrected chi connectivity index (χ0v) is 81.0. The average Bonchev–Trinajstić information content (AvgIpc) is 0.816. The molecule has 0 bridgehead atoms. The van der Waals surface area contributed by atoms with Crippen LogP contribution >= 0.6 is 44.8 Å². The molecule has 786 valence electrons. The number of esters is 2. The number of hydrogen-bond acceptors (Lipinski definition) is 40. The van der Waals surface area contributed by atoms with Gasteiger partial charge >= 0.3 is 42.0 Å². The summed E-state index contributed by atoms with van der Waals surface area (Å²) in [5.41, 5.74) is 5.56. The van der Waals surface area contributed by atoms with Crippen LogP contribution in [0.5, 0.6) is 0 Å². The number of aliphatic carboxylic acids is 4. The summed E-state index contributed by atoms with van der Waals surface area (Å²) in [4.78, 5) is 246. The number of nitrogens with zero attached hydrogens (tertiary/aromatic N) is 3. The number of ether oxygens (including phenoxy) is 4. The highest BCUT2D eigenvalue weighted by Crippen LogP contribution is 2.36. The molecule has 0 fully saturated rings. The first-order valence-corrected chi connectivity index (χ1v) is 47.8. The van der Waals surface area contributed by atoms with Crippen LogP contribution in [0.4, 0.5) is 16.4 Å². The van der Waals surface area contributed by atoms with Crippen molar-refractivity contribution in [1.82, 2.24) is 51.8 Å². The Morgan fingerprint density at radius 2 is 1.19 bits per heavy atom. The Hall–Kier alpha value is -12.1. The number of carbonyl (C=O) groups excluding carboxylic acids is 12. The molecule has 0 radical (unpaired) electrons. The van der Waals surface area contributed by atoms with E-state index in [1.54, 1.807) is 69.3 Å². The minimum Gasteiger partial charge on any atom is -0.481 e. The van der Waals surface area contributed by atoms with Gasteiger partial charge < -0.3 is 144 Å². The number of rotatable bonds is 55.